The third kappa shape index (κ3) is 2.54. The average Bonchev–Trinajstić information content (AvgIpc) is 2.35. The second-order valence-electron chi connectivity index (χ2n) is 3.67. The van der Waals surface area contributed by atoms with Crippen LogP contribution in [-0.2, 0) is 6.61 Å². The Morgan fingerprint density at radius 2 is 1.72 bits per heavy atom. The number of hydrogen-bond acceptors (Lipinski definition) is 3. The molecule has 0 fully saturated rings. The molecule has 6 heteroatoms. The molecule has 18 heavy (non-hydrogen) atoms. The summed E-state index contributed by atoms with van der Waals surface area (Å²) in [7, 11) is 0. The minimum atomic E-state index is -0.189. The third-order valence-corrected chi connectivity index (χ3v) is 3.53. The van der Waals surface area contributed by atoms with Crippen LogP contribution in [0.15, 0.2) is 24.4 Å². The van der Waals surface area contributed by atoms with Gasteiger partial charge in [0.2, 0.25) is 0 Å². The standard InChI is InChI=1S/C12H9Cl3N2O/c13-9-3-11(15)10(14)2-8(9)6-1-7(5-18)12(16)17-4-6/h1-4,18H,5H2,(H2,16,17). The highest BCUT2D eigenvalue weighted by Crippen LogP contribution is 2.35. The highest BCUT2D eigenvalue weighted by Gasteiger charge is 2.10. The van der Waals surface area contributed by atoms with Crippen molar-refractivity contribution in [3.8, 4) is 11.1 Å². The number of aromatic nitrogens is 1. The van der Waals surface area contributed by atoms with E-state index in [-0.39, 0.29) is 12.4 Å². The third-order valence-electron chi connectivity index (χ3n) is 2.49. The second-order valence-corrected chi connectivity index (χ2v) is 4.89. The molecule has 1 aromatic heterocycles. The number of benzene rings is 1. The number of aliphatic hydroxyl groups is 1. The molecule has 0 aliphatic carbocycles. The first-order valence-corrected chi connectivity index (χ1v) is 6.16. The molecule has 3 nitrogen and oxygen atoms in total. The minimum absolute atomic E-state index is 0.189. The van der Waals surface area contributed by atoms with E-state index in [2.05, 4.69) is 4.98 Å². The number of halogens is 3. The lowest BCUT2D eigenvalue weighted by Gasteiger charge is -2.09. The van der Waals surface area contributed by atoms with Gasteiger partial charge in [0.05, 0.1) is 21.7 Å². The van der Waals surface area contributed by atoms with Crippen LogP contribution in [0.4, 0.5) is 5.82 Å². The van der Waals surface area contributed by atoms with E-state index in [1.165, 1.54) is 0 Å². The van der Waals surface area contributed by atoms with Crippen LogP contribution in [-0.4, -0.2) is 10.1 Å². The predicted molar refractivity (Wildman–Crippen MR) is 75.0 cm³/mol. The molecule has 3 N–H and O–H groups in total. The van der Waals surface area contributed by atoms with Crippen LogP contribution in [0.1, 0.15) is 5.56 Å². The molecular formula is C12H9Cl3N2O. The number of nitrogen functional groups attached to an aromatic ring is 1. The van der Waals surface area contributed by atoms with E-state index in [0.29, 0.717) is 26.2 Å². The van der Waals surface area contributed by atoms with E-state index in [4.69, 9.17) is 45.6 Å². The molecule has 0 radical (unpaired) electrons. The normalized spacial score (nSPS) is 10.7. The zero-order valence-electron chi connectivity index (χ0n) is 9.12. The van der Waals surface area contributed by atoms with Crippen molar-refractivity contribution in [3.63, 3.8) is 0 Å². The molecule has 2 rings (SSSR count). The van der Waals surface area contributed by atoms with Gasteiger partial charge in [-0.2, -0.15) is 0 Å². The van der Waals surface area contributed by atoms with Crippen molar-refractivity contribution in [2.75, 3.05) is 5.73 Å². The maximum absolute atomic E-state index is 9.16. The zero-order chi connectivity index (χ0) is 13.3. The Morgan fingerprint density at radius 3 is 2.39 bits per heavy atom. The van der Waals surface area contributed by atoms with Gasteiger partial charge in [-0.05, 0) is 18.2 Å². The van der Waals surface area contributed by atoms with Gasteiger partial charge in [-0.1, -0.05) is 34.8 Å². The van der Waals surface area contributed by atoms with Crippen LogP contribution in [0, 0.1) is 0 Å². The lowest BCUT2D eigenvalue weighted by Crippen LogP contribution is -1.98. The van der Waals surface area contributed by atoms with E-state index >= 15 is 0 Å². The first-order valence-electron chi connectivity index (χ1n) is 5.03. The van der Waals surface area contributed by atoms with Crippen molar-refractivity contribution < 1.29 is 5.11 Å². The Balaban J connectivity index is 2.58. The topological polar surface area (TPSA) is 59.1 Å². The number of aliphatic hydroxyl groups excluding tert-OH is 1. The summed E-state index contributed by atoms with van der Waals surface area (Å²) in [4.78, 5) is 4.00. The fourth-order valence-electron chi connectivity index (χ4n) is 1.54. The average molecular weight is 304 g/mol. The summed E-state index contributed by atoms with van der Waals surface area (Å²) in [5.74, 6) is 0.289. The van der Waals surface area contributed by atoms with Crippen molar-refractivity contribution in [2.24, 2.45) is 0 Å². The zero-order valence-corrected chi connectivity index (χ0v) is 11.4. The number of anilines is 1. The van der Waals surface area contributed by atoms with Crippen LogP contribution >= 0.6 is 34.8 Å². The van der Waals surface area contributed by atoms with Gasteiger partial charge in [0, 0.05) is 22.9 Å². The summed E-state index contributed by atoms with van der Waals surface area (Å²) in [5.41, 5.74) is 7.56. The minimum Gasteiger partial charge on any atom is -0.392 e. The van der Waals surface area contributed by atoms with Crippen LogP contribution in [0.3, 0.4) is 0 Å². The maximum atomic E-state index is 9.16. The Hall–Kier alpha value is -1.00. The van der Waals surface area contributed by atoms with E-state index in [0.717, 1.165) is 5.56 Å². The van der Waals surface area contributed by atoms with E-state index in [1.807, 2.05) is 0 Å². The quantitative estimate of drug-likeness (QED) is 0.830. The molecular weight excluding hydrogens is 295 g/mol. The molecule has 0 aliphatic heterocycles. The number of rotatable bonds is 2. The molecule has 94 valence electrons. The summed E-state index contributed by atoms with van der Waals surface area (Å²) in [6.45, 7) is -0.189. The largest absolute Gasteiger partial charge is 0.392 e. The van der Waals surface area contributed by atoms with E-state index < -0.39 is 0 Å². The molecule has 0 atom stereocenters. The Bertz CT molecular complexity index is 602. The molecule has 1 heterocycles. The van der Waals surface area contributed by atoms with Gasteiger partial charge < -0.3 is 10.8 Å². The number of nitrogens with zero attached hydrogens (tertiary/aromatic N) is 1. The molecule has 0 aliphatic rings. The van der Waals surface area contributed by atoms with Crippen LogP contribution < -0.4 is 5.73 Å². The Morgan fingerprint density at radius 1 is 1.06 bits per heavy atom. The first-order chi connectivity index (χ1) is 8.52. The highest BCUT2D eigenvalue weighted by atomic mass is 35.5. The van der Waals surface area contributed by atoms with Gasteiger partial charge in [-0.3, -0.25) is 0 Å². The highest BCUT2D eigenvalue weighted by molar-refractivity contribution is 6.44. The molecule has 0 saturated carbocycles. The second kappa shape index (κ2) is 5.33. The van der Waals surface area contributed by atoms with Gasteiger partial charge in [-0.25, -0.2) is 4.98 Å². The monoisotopic (exact) mass is 302 g/mol. The Kier molecular flexibility index (Phi) is 3.97. The van der Waals surface area contributed by atoms with Crippen molar-refractivity contribution in [3.05, 3.63) is 45.0 Å². The molecule has 0 saturated heterocycles. The molecule has 0 bridgehead atoms. The lowest BCUT2D eigenvalue weighted by atomic mass is 10.1. The van der Waals surface area contributed by atoms with Crippen molar-refractivity contribution >= 4 is 40.6 Å². The maximum Gasteiger partial charge on any atom is 0.128 e. The van der Waals surface area contributed by atoms with Crippen molar-refractivity contribution in [1.82, 2.24) is 4.98 Å². The number of hydrogen-bond donors (Lipinski definition) is 2. The fraction of sp³-hybridized carbons (Fsp3) is 0.0833. The van der Waals surface area contributed by atoms with Crippen molar-refractivity contribution in [1.29, 1.82) is 0 Å². The van der Waals surface area contributed by atoms with Gasteiger partial charge in [0.15, 0.2) is 0 Å². The summed E-state index contributed by atoms with van der Waals surface area (Å²) in [5, 5.41) is 10.4. The number of nitrogens with two attached hydrogens (primary N) is 1. The van der Waals surface area contributed by atoms with Gasteiger partial charge in [-0.15, -0.1) is 0 Å². The van der Waals surface area contributed by atoms with Crippen LogP contribution in [0.5, 0.6) is 0 Å². The van der Waals surface area contributed by atoms with E-state index in [1.54, 1.807) is 24.4 Å². The van der Waals surface area contributed by atoms with E-state index in [9.17, 15) is 0 Å². The molecule has 0 amide bonds. The molecule has 1 aromatic carbocycles. The predicted octanol–water partition coefficient (Wildman–Crippen LogP) is 3.78. The van der Waals surface area contributed by atoms with Crippen LogP contribution in [0.2, 0.25) is 15.1 Å². The lowest BCUT2D eigenvalue weighted by molar-refractivity contribution is 0.282. The molecule has 0 unspecified atom stereocenters. The number of pyridine rings is 1. The molecule has 0 spiro atoms. The summed E-state index contributed by atoms with van der Waals surface area (Å²) < 4.78 is 0. The SMILES string of the molecule is Nc1ncc(-c2cc(Cl)c(Cl)cc2Cl)cc1CO. The summed E-state index contributed by atoms with van der Waals surface area (Å²) in [6.07, 6.45) is 1.57. The first kappa shape index (κ1) is 13.4. The molecule has 2 aromatic rings. The van der Waals surface area contributed by atoms with Crippen molar-refractivity contribution in [2.45, 2.75) is 6.61 Å². The van der Waals surface area contributed by atoms with Crippen LogP contribution in [0.25, 0.3) is 11.1 Å². The Labute approximate surface area is 119 Å². The fourth-order valence-corrected chi connectivity index (χ4v) is 2.19. The van der Waals surface area contributed by atoms with Gasteiger partial charge in [0.1, 0.15) is 5.82 Å². The van der Waals surface area contributed by atoms with Gasteiger partial charge in [0.25, 0.3) is 0 Å². The smallest absolute Gasteiger partial charge is 0.128 e. The summed E-state index contributed by atoms with van der Waals surface area (Å²) >= 11 is 17.9. The summed E-state index contributed by atoms with van der Waals surface area (Å²) in [6, 6.07) is 4.93. The van der Waals surface area contributed by atoms with Gasteiger partial charge >= 0.3 is 0 Å².